The first-order valence-corrected chi connectivity index (χ1v) is 7.89. The standard InChI is InChI=1S/C13H18N4O3S/c1-14-11-6-9(10(7-15-11)17(19)20)12(18)16-8-13(21-2)4-3-5-13/h6-7H,3-5,8H2,1-2H3,(H,14,15)(H,16,18). The lowest BCUT2D eigenvalue weighted by molar-refractivity contribution is -0.385. The fourth-order valence-corrected chi connectivity index (χ4v) is 3.19. The van der Waals surface area contributed by atoms with Crippen LogP contribution >= 0.6 is 11.8 Å². The Morgan fingerprint density at radius 2 is 2.29 bits per heavy atom. The lowest BCUT2D eigenvalue weighted by Crippen LogP contribution is -2.45. The normalized spacial score (nSPS) is 15.9. The van der Waals surface area contributed by atoms with Crippen molar-refractivity contribution < 1.29 is 9.72 Å². The highest BCUT2D eigenvalue weighted by Gasteiger charge is 2.36. The number of nitrogens with zero attached hydrogens (tertiary/aromatic N) is 2. The lowest BCUT2D eigenvalue weighted by Gasteiger charge is -2.40. The van der Waals surface area contributed by atoms with E-state index in [1.54, 1.807) is 18.8 Å². The molecule has 1 aromatic rings. The Bertz CT molecular complexity index is 555. The SMILES string of the molecule is CNc1cc(C(=O)NCC2(SC)CCC2)c([N+](=O)[O-])cn1. The second-order valence-electron chi connectivity index (χ2n) is 5.02. The molecular weight excluding hydrogens is 292 g/mol. The number of nitro groups is 1. The van der Waals surface area contributed by atoms with Crippen LogP contribution in [0.2, 0.25) is 0 Å². The molecule has 1 aliphatic rings. The van der Waals surface area contributed by atoms with Crippen molar-refractivity contribution in [2.24, 2.45) is 0 Å². The third-order valence-corrected chi connectivity index (χ3v) is 5.27. The summed E-state index contributed by atoms with van der Waals surface area (Å²) in [6.07, 6.45) is 6.42. The quantitative estimate of drug-likeness (QED) is 0.616. The predicted octanol–water partition coefficient (Wildman–Crippen LogP) is 2.05. The molecule has 8 heteroatoms. The average molecular weight is 310 g/mol. The molecule has 21 heavy (non-hydrogen) atoms. The molecule has 0 spiro atoms. The largest absolute Gasteiger partial charge is 0.373 e. The van der Waals surface area contributed by atoms with Crippen LogP contribution in [-0.4, -0.2) is 40.4 Å². The zero-order valence-electron chi connectivity index (χ0n) is 12.0. The molecule has 0 bridgehead atoms. The number of anilines is 1. The first-order chi connectivity index (χ1) is 10.0. The summed E-state index contributed by atoms with van der Waals surface area (Å²) in [4.78, 5) is 26.6. The van der Waals surface area contributed by atoms with E-state index in [1.165, 1.54) is 6.07 Å². The van der Waals surface area contributed by atoms with Crippen molar-refractivity contribution in [2.75, 3.05) is 25.2 Å². The average Bonchev–Trinajstić information content (AvgIpc) is 2.45. The van der Waals surface area contributed by atoms with Crippen molar-refractivity contribution >= 4 is 29.2 Å². The molecule has 2 rings (SSSR count). The molecule has 1 aromatic heterocycles. The Hall–Kier alpha value is -1.83. The summed E-state index contributed by atoms with van der Waals surface area (Å²) in [5.41, 5.74) is -0.242. The monoisotopic (exact) mass is 310 g/mol. The molecule has 114 valence electrons. The van der Waals surface area contributed by atoms with Gasteiger partial charge in [-0.05, 0) is 19.1 Å². The van der Waals surface area contributed by atoms with Crippen molar-refractivity contribution in [3.63, 3.8) is 0 Å². The van der Waals surface area contributed by atoms with E-state index < -0.39 is 10.8 Å². The molecule has 1 heterocycles. The van der Waals surface area contributed by atoms with Crippen molar-refractivity contribution in [3.8, 4) is 0 Å². The maximum atomic E-state index is 12.3. The third kappa shape index (κ3) is 3.26. The van der Waals surface area contributed by atoms with Gasteiger partial charge in [0, 0.05) is 24.4 Å². The van der Waals surface area contributed by atoms with Gasteiger partial charge >= 0.3 is 0 Å². The topological polar surface area (TPSA) is 97.2 Å². The van der Waals surface area contributed by atoms with Crippen LogP contribution in [0.4, 0.5) is 11.5 Å². The number of pyridine rings is 1. The van der Waals surface area contributed by atoms with Crippen molar-refractivity contribution in [3.05, 3.63) is 27.9 Å². The highest BCUT2D eigenvalue weighted by atomic mass is 32.2. The highest BCUT2D eigenvalue weighted by Crippen LogP contribution is 2.42. The Balaban J connectivity index is 2.15. The molecule has 0 radical (unpaired) electrons. The van der Waals surface area contributed by atoms with E-state index in [4.69, 9.17) is 0 Å². The summed E-state index contributed by atoms with van der Waals surface area (Å²) in [5, 5.41) is 16.6. The van der Waals surface area contributed by atoms with Crippen molar-refractivity contribution in [1.82, 2.24) is 10.3 Å². The van der Waals surface area contributed by atoms with Crippen LogP contribution in [0.15, 0.2) is 12.3 Å². The minimum atomic E-state index is -0.588. The van der Waals surface area contributed by atoms with E-state index in [0.717, 1.165) is 25.5 Å². The Morgan fingerprint density at radius 1 is 1.57 bits per heavy atom. The molecule has 0 unspecified atom stereocenters. The maximum Gasteiger partial charge on any atom is 0.300 e. The summed E-state index contributed by atoms with van der Waals surface area (Å²) in [6, 6.07) is 1.40. The Kier molecular flexibility index (Phi) is 4.66. The van der Waals surface area contributed by atoms with Crippen LogP contribution in [-0.2, 0) is 0 Å². The van der Waals surface area contributed by atoms with Crippen molar-refractivity contribution in [1.29, 1.82) is 0 Å². The van der Waals surface area contributed by atoms with Gasteiger partial charge in [0.05, 0.1) is 4.92 Å². The summed E-state index contributed by atoms with van der Waals surface area (Å²) in [5.74, 6) is -0.00472. The first kappa shape index (κ1) is 15.6. The number of carbonyl (C=O) groups excluding carboxylic acids is 1. The van der Waals surface area contributed by atoms with Gasteiger partial charge < -0.3 is 10.6 Å². The zero-order chi connectivity index (χ0) is 15.5. The van der Waals surface area contributed by atoms with E-state index in [-0.39, 0.29) is 16.0 Å². The predicted molar refractivity (Wildman–Crippen MR) is 82.9 cm³/mol. The molecule has 0 atom stereocenters. The number of carbonyl (C=O) groups is 1. The van der Waals surface area contributed by atoms with E-state index in [2.05, 4.69) is 15.6 Å². The Morgan fingerprint density at radius 3 is 2.76 bits per heavy atom. The van der Waals surface area contributed by atoms with E-state index >= 15 is 0 Å². The third-order valence-electron chi connectivity index (χ3n) is 3.85. The van der Waals surface area contributed by atoms with Gasteiger partial charge in [0.2, 0.25) is 0 Å². The molecule has 1 amide bonds. The molecule has 0 aliphatic heterocycles. The van der Waals surface area contributed by atoms with E-state index in [0.29, 0.717) is 12.4 Å². The van der Waals surface area contributed by atoms with Gasteiger partial charge in [0.25, 0.3) is 11.6 Å². The summed E-state index contributed by atoms with van der Waals surface area (Å²) in [7, 11) is 1.65. The van der Waals surface area contributed by atoms with Crippen LogP contribution in [0.3, 0.4) is 0 Å². The van der Waals surface area contributed by atoms with Gasteiger partial charge in [-0.2, -0.15) is 11.8 Å². The molecule has 2 N–H and O–H groups in total. The number of rotatable bonds is 6. The molecule has 0 saturated heterocycles. The van der Waals surface area contributed by atoms with Crippen LogP contribution in [0.25, 0.3) is 0 Å². The minimum Gasteiger partial charge on any atom is -0.373 e. The van der Waals surface area contributed by atoms with Crippen LogP contribution in [0.1, 0.15) is 29.6 Å². The number of thioether (sulfide) groups is 1. The second-order valence-corrected chi connectivity index (χ2v) is 6.29. The summed E-state index contributed by atoms with van der Waals surface area (Å²) < 4.78 is 0.0866. The van der Waals surface area contributed by atoms with Crippen LogP contribution in [0, 0.1) is 10.1 Å². The Labute approximate surface area is 127 Å². The zero-order valence-corrected chi connectivity index (χ0v) is 12.8. The van der Waals surface area contributed by atoms with E-state index in [9.17, 15) is 14.9 Å². The number of hydrogen-bond donors (Lipinski definition) is 2. The van der Waals surface area contributed by atoms with Crippen molar-refractivity contribution in [2.45, 2.75) is 24.0 Å². The molecule has 1 aliphatic carbocycles. The van der Waals surface area contributed by atoms with Crippen LogP contribution in [0.5, 0.6) is 0 Å². The minimum absolute atomic E-state index is 0.0370. The van der Waals surface area contributed by atoms with Gasteiger partial charge in [-0.15, -0.1) is 0 Å². The second kappa shape index (κ2) is 6.30. The number of nitrogens with one attached hydrogen (secondary N) is 2. The maximum absolute atomic E-state index is 12.3. The molecule has 7 nitrogen and oxygen atoms in total. The molecular formula is C13H18N4O3S. The van der Waals surface area contributed by atoms with Crippen LogP contribution < -0.4 is 10.6 Å². The van der Waals surface area contributed by atoms with Gasteiger partial charge in [-0.1, -0.05) is 6.42 Å². The molecule has 1 fully saturated rings. The smallest absolute Gasteiger partial charge is 0.300 e. The lowest BCUT2D eigenvalue weighted by atomic mass is 9.84. The van der Waals surface area contributed by atoms with E-state index in [1.807, 2.05) is 6.26 Å². The number of hydrogen-bond acceptors (Lipinski definition) is 6. The molecule has 0 aromatic carbocycles. The highest BCUT2D eigenvalue weighted by molar-refractivity contribution is 8.00. The van der Waals surface area contributed by atoms with Gasteiger partial charge in [-0.25, -0.2) is 4.98 Å². The fraction of sp³-hybridized carbons (Fsp3) is 0.538. The number of aromatic nitrogens is 1. The van der Waals surface area contributed by atoms with Gasteiger partial charge in [0.15, 0.2) is 0 Å². The first-order valence-electron chi connectivity index (χ1n) is 6.67. The van der Waals surface area contributed by atoms with Gasteiger partial charge in [-0.3, -0.25) is 14.9 Å². The number of amides is 1. The summed E-state index contributed by atoms with van der Waals surface area (Å²) in [6.45, 7) is 0.529. The summed E-state index contributed by atoms with van der Waals surface area (Å²) >= 11 is 1.74. The van der Waals surface area contributed by atoms with Gasteiger partial charge in [0.1, 0.15) is 17.6 Å². The fourth-order valence-electron chi connectivity index (χ4n) is 2.27. The molecule has 1 saturated carbocycles.